The number of nitrogens with two attached hydrogens (primary N) is 2. The van der Waals surface area contributed by atoms with Crippen LogP contribution in [0, 0.1) is 11.3 Å². The van der Waals surface area contributed by atoms with E-state index in [1.54, 1.807) is 36.4 Å². The van der Waals surface area contributed by atoms with Crippen LogP contribution in [0.15, 0.2) is 42.5 Å². The molecule has 2 aromatic carbocycles. The number of carbonyl (C=O) groups excluding carboxylic acids is 1. The Morgan fingerprint density at radius 3 is 2.41 bits per heavy atom. The van der Waals surface area contributed by atoms with Gasteiger partial charge in [0.25, 0.3) is 5.91 Å². The summed E-state index contributed by atoms with van der Waals surface area (Å²) in [5.74, 6) is -0.120. The number of hydrogen-bond acceptors (Lipinski definition) is 6. The Balaban J connectivity index is 2.36. The molecule has 2 rings (SSSR count). The van der Waals surface area contributed by atoms with Crippen LogP contribution in [0.3, 0.4) is 0 Å². The van der Waals surface area contributed by atoms with E-state index in [0.717, 1.165) is 5.56 Å². The summed E-state index contributed by atoms with van der Waals surface area (Å²) in [5.41, 5.74) is 14.3. The molecule has 0 radical (unpaired) electrons. The van der Waals surface area contributed by atoms with Crippen molar-refractivity contribution >= 4 is 29.1 Å². The van der Waals surface area contributed by atoms with E-state index in [9.17, 15) is 9.90 Å². The van der Waals surface area contributed by atoms with Crippen molar-refractivity contribution in [1.82, 2.24) is 5.32 Å². The van der Waals surface area contributed by atoms with E-state index < -0.39 is 11.9 Å². The highest BCUT2D eigenvalue weighted by atomic mass is 16.5. The second kappa shape index (κ2) is 9.75. The average Bonchev–Trinajstić information content (AvgIpc) is 2.70. The maximum atomic E-state index is 12.8. The number of aliphatic hydroxyl groups is 1. The van der Waals surface area contributed by atoms with E-state index in [-0.39, 0.29) is 29.5 Å². The second-order valence-corrected chi connectivity index (χ2v) is 7.03. The molecule has 0 saturated heterocycles. The minimum atomic E-state index is -0.397. The zero-order valence-electron chi connectivity index (χ0n) is 16.9. The second-order valence-electron chi connectivity index (χ2n) is 7.03. The fourth-order valence-corrected chi connectivity index (χ4v) is 2.81. The zero-order chi connectivity index (χ0) is 21.6. The average molecular weight is 396 g/mol. The highest BCUT2D eigenvalue weighted by molar-refractivity contribution is 6.15. The molecular formula is C22H28N4O3. The number of ether oxygens (including phenoxy) is 1. The number of nitrogen functional groups attached to an aromatic ring is 2. The van der Waals surface area contributed by atoms with Gasteiger partial charge < -0.3 is 32.0 Å². The van der Waals surface area contributed by atoms with Crippen LogP contribution in [-0.2, 0) is 0 Å². The molecule has 2 aromatic rings. The number of allylic oxidation sites excluding steroid dienone is 1. The minimum absolute atomic E-state index is 0.0596. The van der Waals surface area contributed by atoms with E-state index in [1.807, 2.05) is 26.0 Å². The Labute approximate surface area is 170 Å². The minimum Gasteiger partial charge on any atom is -0.495 e. The first-order valence-electron chi connectivity index (χ1n) is 9.29. The highest BCUT2D eigenvalue weighted by Gasteiger charge is 2.23. The van der Waals surface area contributed by atoms with Gasteiger partial charge in [-0.1, -0.05) is 32.1 Å². The van der Waals surface area contributed by atoms with Gasteiger partial charge in [0.05, 0.1) is 36.6 Å². The van der Waals surface area contributed by atoms with Gasteiger partial charge in [0.2, 0.25) is 0 Å². The Morgan fingerprint density at radius 1 is 1.21 bits per heavy atom. The predicted molar refractivity (Wildman–Crippen MR) is 117 cm³/mol. The van der Waals surface area contributed by atoms with Crippen LogP contribution in [0.2, 0.25) is 0 Å². The van der Waals surface area contributed by atoms with Crippen molar-refractivity contribution in [3.05, 3.63) is 59.2 Å². The molecule has 29 heavy (non-hydrogen) atoms. The number of nitrogens with one attached hydrogen (secondary N) is 2. The molecule has 1 amide bonds. The molecule has 0 heterocycles. The first-order chi connectivity index (χ1) is 13.8. The Bertz CT molecular complexity index is 905. The molecule has 0 bridgehead atoms. The van der Waals surface area contributed by atoms with Gasteiger partial charge in [-0.15, -0.1) is 0 Å². The van der Waals surface area contributed by atoms with Crippen molar-refractivity contribution in [2.45, 2.75) is 19.9 Å². The Kier molecular flexibility index (Phi) is 7.39. The van der Waals surface area contributed by atoms with E-state index >= 15 is 0 Å². The molecule has 0 spiro atoms. The fourth-order valence-electron chi connectivity index (χ4n) is 2.81. The van der Waals surface area contributed by atoms with Crippen LogP contribution in [0.4, 0.5) is 11.4 Å². The van der Waals surface area contributed by atoms with E-state index in [2.05, 4.69) is 5.32 Å². The number of hydrogen-bond donors (Lipinski definition) is 5. The monoisotopic (exact) mass is 396 g/mol. The third-order valence-corrected chi connectivity index (χ3v) is 4.60. The van der Waals surface area contributed by atoms with Crippen molar-refractivity contribution in [2.24, 2.45) is 5.92 Å². The summed E-state index contributed by atoms with van der Waals surface area (Å²) in [6, 6.07) is 9.96. The molecule has 0 aliphatic carbocycles. The number of rotatable bonds is 8. The summed E-state index contributed by atoms with van der Waals surface area (Å²) in [5, 5.41) is 20.7. The molecule has 7 heteroatoms. The number of amides is 1. The summed E-state index contributed by atoms with van der Waals surface area (Å²) in [6.45, 7) is 3.64. The van der Waals surface area contributed by atoms with E-state index in [1.165, 1.54) is 7.11 Å². The molecule has 0 aliphatic heterocycles. The van der Waals surface area contributed by atoms with Gasteiger partial charge in [-0.3, -0.25) is 4.79 Å². The van der Waals surface area contributed by atoms with Crippen LogP contribution in [0.25, 0.3) is 6.08 Å². The summed E-state index contributed by atoms with van der Waals surface area (Å²) in [4.78, 5) is 12.8. The quantitative estimate of drug-likeness (QED) is 0.345. The Hall–Kier alpha value is -3.32. The van der Waals surface area contributed by atoms with Gasteiger partial charge in [-0.2, -0.15) is 0 Å². The van der Waals surface area contributed by atoms with Gasteiger partial charge in [-0.05, 0) is 41.8 Å². The maximum absolute atomic E-state index is 12.8. The van der Waals surface area contributed by atoms with Crippen molar-refractivity contribution in [3.8, 4) is 5.75 Å². The lowest BCUT2D eigenvalue weighted by Crippen LogP contribution is -2.41. The molecule has 0 aliphatic rings. The number of aliphatic hydroxyl groups excluding tert-OH is 1. The molecule has 0 unspecified atom stereocenters. The SMILES string of the molecule is COc1c(C(=O)N[C@H](CO)C(C)C)ccc(N)c1C(=N)/C=C/c1ccc(N)cc1. The normalized spacial score (nSPS) is 12.2. The van der Waals surface area contributed by atoms with Gasteiger partial charge >= 0.3 is 0 Å². The number of methoxy groups -OCH3 is 1. The Morgan fingerprint density at radius 2 is 1.86 bits per heavy atom. The van der Waals surface area contributed by atoms with Crippen LogP contribution in [0.1, 0.15) is 35.3 Å². The molecule has 154 valence electrons. The summed E-state index contributed by atoms with van der Waals surface area (Å²) in [7, 11) is 1.43. The fraction of sp³-hybridized carbons (Fsp3) is 0.273. The predicted octanol–water partition coefficient (Wildman–Crippen LogP) is 2.69. The first kappa shape index (κ1) is 22.0. The van der Waals surface area contributed by atoms with Gasteiger partial charge in [0.15, 0.2) is 0 Å². The first-order valence-corrected chi connectivity index (χ1v) is 9.29. The summed E-state index contributed by atoms with van der Waals surface area (Å²) >= 11 is 0. The molecule has 0 fully saturated rings. The largest absolute Gasteiger partial charge is 0.495 e. The van der Waals surface area contributed by atoms with Gasteiger partial charge in [0, 0.05) is 11.4 Å². The van der Waals surface area contributed by atoms with Crippen LogP contribution >= 0.6 is 0 Å². The van der Waals surface area contributed by atoms with E-state index in [0.29, 0.717) is 16.9 Å². The zero-order valence-corrected chi connectivity index (χ0v) is 16.9. The third kappa shape index (κ3) is 5.36. The van der Waals surface area contributed by atoms with Crippen molar-refractivity contribution in [1.29, 1.82) is 5.41 Å². The lowest BCUT2D eigenvalue weighted by Gasteiger charge is -2.21. The lowest BCUT2D eigenvalue weighted by atomic mass is 9.99. The molecule has 1 atom stereocenters. The molecular weight excluding hydrogens is 368 g/mol. The summed E-state index contributed by atoms with van der Waals surface area (Å²) < 4.78 is 5.45. The van der Waals surface area contributed by atoms with Crippen LogP contribution in [0.5, 0.6) is 5.75 Å². The van der Waals surface area contributed by atoms with Gasteiger partial charge in [0.1, 0.15) is 5.75 Å². The van der Waals surface area contributed by atoms with E-state index in [4.69, 9.17) is 21.6 Å². The topological polar surface area (TPSA) is 134 Å². The van der Waals surface area contributed by atoms with Crippen LogP contribution in [-0.4, -0.2) is 36.5 Å². The smallest absolute Gasteiger partial charge is 0.255 e. The summed E-state index contributed by atoms with van der Waals surface area (Å²) in [6.07, 6.45) is 3.35. The third-order valence-electron chi connectivity index (χ3n) is 4.60. The molecule has 7 nitrogen and oxygen atoms in total. The molecule has 7 N–H and O–H groups in total. The van der Waals surface area contributed by atoms with Crippen molar-refractivity contribution < 1.29 is 14.6 Å². The maximum Gasteiger partial charge on any atom is 0.255 e. The van der Waals surface area contributed by atoms with Crippen molar-refractivity contribution in [3.63, 3.8) is 0 Å². The number of benzene rings is 2. The highest BCUT2D eigenvalue weighted by Crippen LogP contribution is 2.30. The van der Waals surface area contributed by atoms with Gasteiger partial charge in [-0.25, -0.2) is 0 Å². The molecule has 0 saturated carbocycles. The lowest BCUT2D eigenvalue weighted by molar-refractivity contribution is 0.0894. The van der Waals surface area contributed by atoms with Crippen molar-refractivity contribution in [2.75, 3.05) is 25.2 Å². The number of anilines is 2. The van der Waals surface area contributed by atoms with Crippen LogP contribution < -0.4 is 21.5 Å². The molecule has 0 aromatic heterocycles. The standard InChI is InChI=1S/C22H28N4O3/c1-13(2)19(12-27)26-22(28)16-9-11-18(25)20(21(16)29-3)17(24)10-6-14-4-7-15(23)8-5-14/h4-11,13,19,24,27H,12,23,25H2,1-3H3,(H,26,28)/b10-6+,24-17?/t19-/m1/s1. The number of carbonyl (C=O) groups is 1.